The standard InChI is InChI=1S/C19H28O4/c1-13(2)6-5-7-14(3)10-17(21)18(22)11-15-8-9-16(20)19(12-15)23-4/h6,8-9,12,14,17,20-21H,5,7,10-11H2,1-4H3/t14-,17?/m1/s1. The van der Waals surface area contributed by atoms with Crippen LogP contribution in [0.1, 0.15) is 45.6 Å². The Hall–Kier alpha value is -1.81. The molecule has 23 heavy (non-hydrogen) atoms. The van der Waals surface area contributed by atoms with E-state index in [1.807, 2.05) is 0 Å². The maximum atomic E-state index is 12.1. The molecule has 0 aromatic heterocycles. The summed E-state index contributed by atoms with van der Waals surface area (Å²) in [7, 11) is 1.46. The average molecular weight is 320 g/mol. The summed E-state index contributed by atoms with van der Waals surface area (Å²) in [5.74, 6) is 0.461. The van der Waals surface area contributed by atoms with E-state index in [2.05, 4.69) is 26.8 Å². The largest absolute Gasteiger partial charge is 0.504 e. The van der Waals surface area contributed by atoms with Gasteiger partial charge >= 0.3 is 0 Å². The molecule has 0 aliphatic heterocycles. The quantitative estimate of drug-likeness (QED) is 0.682. The molecule has 0 radical (unpaired) electrons. The number of carbonyl (C=O) groups is 1. The fraction of sp³-hybridized carbons (Fsp3) is 0.526. The first-order chi connectivity index (χ1) is 10.8. The maximum absolute atomic E-state index is 12.1. The molecule has 0 saturated heterocycles. The second kappa shape index (κ2) is 9.36. The van der Waals surface area contributed by atoms with Crippen LogP contribution in [-0.4, -0.2) is 29.2 Å². The van der Waals surface area contributed by atoms with Gasteiger partial charge < -0.3 is 14.9 Å². The highest BCUT2D eigenvalue weighted by Crippen LogP contribution is 2.26. The molecule has 1 aromatic carbocycles. The van der Waals surface area contributed by atoms with Gasteiger partial charge in [-0.05, 0) is 56.7 Å². The van der Waals surface area contributed by atoms with Crippen LogP contribution in [0.25, 0.3) is 0 Å². The van der Waals surface area contributed by atoms with Crippen LogP contribution in [0.3, 0.4) is 0 Å². The lowest BCUT2D eigenvalue weighted by molar-refractivity contribution is -0.127. The van der Waals surface area contributed by atoms with E-state index in [-0.39, 0.29) is 18.0 Å². The molecule has 0 aliphatic rings. The number of allylic oxidation sites excluding steroid dienone is 2. The number of hydrogen-bond donors (Lipinski definition) is 2. The van der Waals surface area contributed by atoms with E-state index in [4.69, 9.17) is 4.74 Å². The van der Waals surface area contributed by atoms with E-state index >= 15 is 0 Å². The summed E-state index contributed by atoms with van der Waals surface area (Å²) in [4.78, 5) is 12.1. The predicted molar refractivity (Wildman–Crippen MR) is 91.8 cm³/mol. The predicted octanol–water partition coefficient (Wildman–Crippen LogP) is 3.65. The highest BCUT2D eigenvalue weighted by molar-refractivity contribution is 5.85. The normalized spacial score (nSPS) is 13.3. The van der Waals surface area contributed by atoms with E-state index in [0.717, 1.165) is 18.4 Å². The van der Waals surface area contributed by atoms with Gasteiger partial charge in [-0.1, -0.05) is 24.6 Å². The van der Waals surface area contributed by atoms with Gasteiger partial charge in [-0.2, -0.15) is 0 Å². The zero-order chi connectivity index (χ0) is 17.4. The molecular weight excluding hydrogens is 292 g/mol. The van der Waals surface area contributed by atoms with E-state index in [1.165, 1.54) is 18.7 Å². The summed E-state index contributed by atoms with van der Waals surface area (Å²) in [5.41, 5.74) is 2.01. The maximum Gasteiger partial charge on any atom is 0.165 e. The van der Waals surface area contributed by atoms with Gasteiger partial charge in [-0.25, -0.2) is 0 Å². The Kier molecular flexibility index (Phi) is 7.83. The minimum absolute atomic E-state index is 0.0390. The van der Waals surface area contributed by atoms with E-state index in [0.29, 0.717) is 18.1 Å². The monoisotopic (exact) mass is 320 g/mol. The number of phenolic OH excluding ortho intramolecular Hbond substituents is 1. The van der Waals surface area contributed by atoms with Crippen LogP contribution in [0.5, 0.6) is 11.5 Å². The molecule has 0 spiro atoms. The van der Waals surface area contributed by atoms with Crippen molar-refractivity contribution >= 4 is 5.78 Å². The Bertz CT molecular complexity index is 544. The minimum atomic E-state index is -0.948. The van der Waals surface area contributed by atoms with E-state index in [1.54, 1.807) is 12.1 Å². The summed E-state index contributed by atoms with van der Waals surface area (Å²) in [6.45, 7) is 6.18. The van der Waals surface area contributed by atoms with E-state index < -0.39 is 6.10 Å². The van der Waals surface area contributed by atoms with Gasteiger partial charge in [0.2, 0.25) is 0 Å². The van der Waals surface area contributed by atoms with Gasteiger partial charge in [-0.3, -0.25) is 4.79 Å². The van der Waals surface area contributed by atoms with Crippen LogP contribution in [0.15, 0.2) is 29.8 Å². The van der Waals surface area contributed by atoms with Gasteiger partial charge in [-0.15, -0.1) is 0 Å². The Morgan fingerprint density at radius 1 is 1.35 bits per heavy atom. The summed E-state index contributed by atoms with van der Waals surface area (Å²) < 4.78 is 5.03. The third-order valence-electron chi connectivity index (χ3n) is 3.83. The first kappa shape index (κ1) is 19.2. The van der Waals surface area contributed by atoms with Crippen molar-refractivity contribution in [2.75, 3.05) is 7.11 Å². The number of ether oxygens (including phenoxy) is 1. The zero-order valence-electron chi connectivity index (χ0n) is 14.5. The Balaban J connectivity index is 2.52. The number of carbonyl (C=O) groups excluding carboxylic acids is 1. The highest BCUT2D eigenvalue weighted by Gasteiger charge is 2.19. The first-order valence-electron chi connectivity index (χ1n) is 8.03. The fourth-order valence-corrected chi connectivity index (χ4v) is 2.44. The van der Waals surface area contributed by atoms with Crippen LogP contribution in [-0.2, 0) is 11.2 Å². The minimum Gasteiger partial charge on any atom is -0.504 e. The molecule has 2 atom stereocenters. The Morgan fingerprint density at radius 3 is 2.65 bits per heavy atom. The molecule has 1 aromatic rings. The SMILES string of the molecule is COc1cc(CC(=O)C(O)C[C@H](C)CCC=C(C)C)ccc1O. The second-order valence-electron chi connectivity index (χ2n) is 6.36. The summed E-state index contributed by atoms with van der Waals surface area (Å²) >= 11 is 0. The zero-order valence-corrected chi connectivity index (χ0v) is 14.5. The molecule has 0 saturated carbocycles. The van der Waals surface area contributed by atoms with Gasteiger partial charge in [0, 0.05) is 6.42 Å². The number of Topliss-reactive ketones (excluding diaryl/α,β-unsaturated/α-hetero) is 1. The molecular formula is C19H28O4. The molecule has 0 bridgehead atoms. The molecule has 4 nitrogen and oxygen atoms in total. The lowest BCUT2D eigenvalue weighted by Crippen LogP contribution is -2.24. The molecule has 128 valence electrons. The van der Waals surface area contributed by atoms with Gasteiger partial charge in [0.1, 0.15) is 6.10 Å². The lowest BCUT2D eigenvalue weighted by Gasteiger charge is -2.15. The Morgan fingerprint density at radius 2 is 2.04 bits per heavy atom. The summed E-state index contributed by atoms with van der Waals surface area (Å²) in [6, 6.07) is 4.79. The lowest BCUT2D eigenvalue weighted by atomic mass is 9.94. The van der Waals surface area contributed by atoms with Crippen molar-refractivity contribution in [1.82, 2.24) is 0 Å². The van der Waals surface area contributed by atoms with Crippen molar-refractivity contribution < 1.29 is 19.7 Å². The molecule has 0 aliphatic carbocycles. The molecule has 4 heteroatoms. The molecule has 0 fully saturated rings. The highest BCUT2D eigenvalue weighted by atomic mass is 16.5. The van der Waals surface area contributed by atoms with Crippen molar-refractivity contribution in [3.05, 3.63) is 35.4 Å². The fourth-order valence-electron chi connectivity index (χ4n) is 2.44. The number of aromatic hydroxyl groups is 1. The number of methoxy groups -OCH3 is 1. The average Bonchev–Trinajstić information content (AvgIpc) is 2.48. The third-order valence-corrected chi connectivity index (χ3v) is 3.83. The smallest absolute Gasteiger partial charge is 0.165 e. The summed E-state index contributed by atoms with van der Waals surface area (Å²) in [5, 5.41) is 19.6. The van der Waals surface area contributed by atoms with Gasteiger partial charge in [0.05, 0.1) is 7.11 Å². The number of benzene rings is 1. The molecule has 0 heterocycles. The Labute approximate surface area is 138 Å². The van der Waals surface area contributed by atoms with E-state index in [9.17, 15) is 15.0 Å². The second-order valence-corrected chi connectivity index (χ2v) is 6.36. The van der Waals surface area contributed by atoms with Crippen molar-refractivity contribution in [1.29, 1.82) is 0 Å². The number of phenols is 1. The van der Waals surface area contributed by atoms with Crippen molar-refractivity contribution in [3.63, 3.8) is 0 Å². The van der Waals surface area contributed by atoms with Crippen LogP contribution in [0.4, 0.5) is 0 Å². The number of aliphatic hydroxyl groups is 1. The molecule has 0 amide bonds. The van der Waals surface area contributed by atoms with Crippen LogP contribution >= 0.6 is 0 Å². The first-order valence-corrected chi connectivity index (χ1v) is 8.03. The van der Waals surface area contributed by atoms with Crippen molar-refractivity contribution in [2.24, 2.45) is 5.92 Å². The molecule has 1 rings (SSSR count). The van der Waals surface area contributed by atoms with Crippen molar-refractivity contribution in [2.45, 2.75) is 52.6 Å². The number of rotatable bonds is 9. The number of aliphatic hydroxyl groups excluding tert-OH is 1. The van der Waals surface area contributed by atoms with Crippen molar-refractivity contribution in [3.8, 4) is 11.5 Å². The topological polar surface area (TPSA) is 66.8 Å². The summed E-state index contributed by atoms with van der Waals surface area (Å²) in [6.07, 6.45) is 3.77. The van der Waals surface area contributed by atoms with Crippen LogP contribution in [0.2, 0.25) is 0 Å². The van der Waals surface area contributed by atoms with Crippen LogP contribution in [0, 0.1) is 5.92 Å². The number of ketones is 1. The van der Waals surface area contributed by atoms with Crippen LogP contribution < -0.4 is 4.74 Å². The van der Waals surface area contributed by atoms with Gasteiger partial charge in [0.15, 0.2) is 17.3 Å². The molecule has 1 unspecified atom stereocenters. The van der Waals surface area contributed by atoms with Gasteiger partial charge in [0.25, 0.3) is 0 Å². The molecule has 2 N–H and O–H groups in total. The third kappa shape index (κ3) is 6.87. The number of hydrogen-bond acceptors (Lipinski definition) is 4.